The van der Waals surface area contributed by atoms with Crippen LogP contribution < -0.4 is 4.74 Å². The van der Waals surface area contributed by atoms with Gasteiger partial charge in [-0.3, -0.25) is 4.90 Å². The molecule has 6 rings (SSSR count). The van der Waals surface area contributed by atoms with Crippen molar-refractivity contribution in [2.24, 2.45) is 5.92 Å². The van der Waals surface area contributed by atoms with Crippen LogP contribution in [0.5, 0.6) is 5.88 Å². The second-order valence-electron chi connectivity index (χ2n) is 11.4. The smallest absolute Gasteiger partial charge is 0.346 e. The Bertz CT molecular complexity index is 1680. The molecule has 0 amide bonds. The van der Waals surface area contributed by atoms with Gasteiger partial charge in [0.15, 0.2) is 0 Å². The molecular weight excluding hydrogens is 557 g/mol. The first-order valence-corrected chi connectivity index (χ1v) is 14.9. The molecule has 2 aliphatic rings. The van der Waals surface area contributed by atoms with Gasteiger partial charge >= 0.3 is 5.97 Å². The predicted octanol–water partition coefficient (Wildman–Crippen LogP) is 5.37. The number of fused-ring (bicyclic) bond motifs is 1. The van der Waals surface area contributed by atoms with Gasteiger partial charge in [0.25, 0.3) is 0 Å². The number of benzene rings is 1. The Labute approximate surface area is 247 Å². The van der Waals surface area contributed by atoms with E-state index in [-0.39, 0.29) is 29.6 Å². The number of halogens is 1. The first-order chi connectivity index (χ1) is 20.2. The van der Waals surface area contributed by atoms with E-state index in [2.05, 4.69) is 23.3 Å². The third kappa shape index (κ3) is 5.50. The van der Waals surface area contributed by atoms with E-state index in [9.17, 15) is 14.3 Å². The number of carboxylic acids is 1. The number of hydrogen-bond donors (Lipinski definition) is 1. The molecule has 2 aliphatic heterocycles. The van der Waals surface area contributed by atoms with Crippen molar-refractivity contribution in [2.75, 3.05) is 19.7 Å². The molecule has 5 heterocycles. The molecule has 2 saturated heterocycles. The van der Waals surface area contributed by atoms with E-state index < -0.39 is 11.8 Å². The van der Waals surface area contributed by atoms with Gasteiger partial charge in [-0.1, -0.05) is 26.0 Å². The second kappa shape index (κ2) is 11.4. The van der Waals surface area contributed by atoms with E-state index in [0.29, 0.717) is 29.4 Å². The largest absolute Gasteiger partial charge is 0.477 e. The third-order valence-corrected chi connectivity index (χ3v) is 9.72. The van der Waals surface area contributed by atoms with Crippen LogP contribution in [-0.2, 0) is 29.8 Å². The number of carboxylic acid groups (broad SMARTS) is 1. The predicted molar refractivity (Wildman–Crippen MR) is 155 cm³/mol. The zero-order chi connectivity index (χ0) is 29.4. The fourth-order valence-electron chi connectivity index (χ4n) is 5.76. The van der Waals surface area contributed by atoms with Crippen molar-refractivity contribution in [1.82, 2.24) is 19.4 Å². The van der Waals surface area contributed by atoms with Crippen LogP contribution in [0, 0.1) is 23.1 Å². The van der Waals surface area contributed by atoms with E-state index in [1.165, 1.54) is 17.4 Å². The van der Waals surface area contributed by atoms with Crippen molar-refractivity contribution in [1.29, 1.82) is 5.26 Å². The van der Waals surface area contributed by atoms with Gasteiger partial charge in [-0.15, -0.1) is 11.3 Å². The summed E-state index contributed by atoms with van der Waals surface area (Å²) in [5.74, 6) is 0.250. The molecule has 3 aromatic heterocycles. The number of piperidine rings is 1. The molecule has 1 aromatic carbocycles. The summed E-state index contributed by atoms with van der Waals surface area (Å²) < 4.78 is 28.0. The molecule has 218 valence electrons. The van der Waals surface area contributed by atoms with Gasteiger partial charge in [0, 0.05) is 30.2 Å². The Morgan fingerprint density at radius 1 is 1.31 bits per heavy atom. The van der Waals surface area contributed by atoms with E-state index in [1.54, 1.807) is 24.3 Å². The minimum Gasteiger partial charge on any atom is -0.477 e. The molecule has 0 saturated carbocycles. The SMILES string of the molecule is C[C@H]1CN(Cc2nc3sc(C(=O)O)cc3n2C[C@@H]2CCO2)CC[C@]1(C)c1cccc(OCc2ccc(C#N)cc2F)n1. The first kappa shape index (κ1) is 28.3. The minimum atomic E-state index is -0.931. The van der Waals surface area contributed by atoms with Crippen LogP contribution in [0.25, 0.3) is 10.3 Å². The number of hydrogen-bond acceptors (Lipinski definition) is 8. The molecule has 0 radical (unpaired) electrons. The number of nitrogens with zero attached hydrogens (tertiary/aromatic N) is 5. The topological polar surface area (TPSA) is 114 Å². The third-order valence-electron chi connectivity index (χ3n) is 8.72. The van der Waals surface area contributed by atoms with Gasteiger partial charge < -0.3 is 19.1 Å². The monoisotopic (exact) mass is 589 g/mol. The van der Waals surface area contributed by atoms with Crippen LogP contribution in [0.1, 0.15) is 59.0 Å². The molecule has 0 aliphatic carbocycles. The highest BCUT2D eigenvalue weighted by atomic mass is 32.1. The summed E-state index contributed by atoms with van der Waals surface area (Å²) >= 11 is 1.21. The number of ether oxygens (including phenoxy) is 2. The second-order valence-corrected chi connectivity index (χ2v) is 12.4. The molecule has 2 fully saturated rings. The van der Waals surface area contributed by atoms with Gasteiger partial charge in [-0.25, -0.2) is 19.2 Å². The fourth-order valence-corrected chi connectivity index (χ4v) is 6.65. The summed E-state index contributed by atoms with van der Waals surface area (Å²) in [6.45, 7) is 8.30. The summed E-state index contributed by atoms with van der Waals surface area (Å²) in [6.07, 6.45) is 2.01. The Hall–Kier alpha value is -3.85. The molecule has 0 unspecified atom stereocenters. The van der Waals surface area contributed by atoms with E-state index in [1.807, 2.05) is 18.2 Å². The van der Waals surface area contributed by atoms with Crippen LogP contribution in [0.2, 0.25) is 0 Å². The molecular formula is C31H32FN5O4S. The lowest BCUT2D eigenvalue weighted by Gasteiger charge is -2.44. The average Bonchev–Trinajstić information content (AvgIpc) is 3.50. The number of likely N-dealkylation sites (tertiary alicyclic amines) is 1. The molecule has 9 nitrogen and oxygen atoms in total. The highest BCUT2D eigenvalue weighted by Gasteiger charge is 2.40. The summed E-state index contributed by atoms with van der Waals surface area (Å²) in [6, 6.07) is 13.7. The fraction of sp³-hybridized carbons (Fsp3) is 0.419. The summed E-state index contributed by atoms with van der Waals surface area (Å²) in [5, 5.41) is 18.4. The van der Waals surface area contributed by atoms with Crippen LogP contribution >= 0.6 is 11.3 Å². The maximum atomic E-state index is 14.3. The zero-order valence-corrected chi connectivity index (χ0v) is 24.4. The number of aromatic carboxylic acids is 1. The van der Waals surface area contributed by atoms with Gasteiger partial charge in [-0.2, -0.15) is 5.26 Å². The van der Waals surface area contributed by atoms with Crippen molar-refractivity contribution in [3.05, 3.63) is 75.8 Å². The summed E-state index contributed by atoms with van der Waals surface area (Å²) in [5.41, 5.74) is 2.27. The number of imidazole rings is 1. The van der Waals surface area contributed by atoms with Gasteiger partial charge in [0.1, 0.15) is 28.0 Å². The van der Waals surface area contributed by atoms with Gasteiger partial charge in [0.2, 0.25) is 5.88 Å². The van der Waals surface area contributed by atoms with Gasteiger partial charge in [0.05, 0.1) is 42.0 Å². The number of nitriles is 1. The zero-order valence-electron chi connectivity index (χ0n) is 23.5. The number of aromatic nitrogens is 3. The maximum Gasteiger partial charge on any atom is 0.346 e. The van der Waals surface area contributed by atoms with E-state index >= 15 is 0 Å². The van der Waals surface area contributed by atoms with Crippen LogP contribution in [0.15, 0.2) is 42.5 Å². The van der Waals surface area contributed by atoms with Crippen molar-refractivity contribution in [3.8, 4) is 11.9 Å². The molecule has 0 bridgehead atoms. The molecule has 1 N–H and O–H groups in total. The number of carbonyl (C=O) groups is 1. The highest BCUT2D eigenvalue weighted by Crippen LogP contribution is 2.40. The normalized spacial score (nSPS) is 22.5. The van der Waals surface area contributed by atoms with Crippen LogP contribution in [0.3, 0.4) is 0 Å². The van der Waals surface area contributed by atoms with Crippen molar-refractivity contribution >= 4 is 27.7 Å². The number of rotatable bonds is 9. The van der Waals surface area contributed by atoms with Gasteiger partial charge in [-0.05, 0) is 49.6 Å². The van der Waals surface area contributed by atoms with E-state index in [4.69, 9.17) is 24.7 Å². The van der Waals surface area contributed by atoms with Crippen molar-refractivity contribution in [3.63, 3.8) is 0 Å². The first-order valence-electron chi connectivity index (χ1n) is 14.1. The van der Waals surface area contributed by atoms with Crippen LogP contribution in [-0.4, -0.2) is 56.3 Å². The molecule has 42 heavy (non-hydrogen) atoms. The number of pyridine rings is 1. The Balaban J connectivity index is 1.14. The average molecular weight is 590 g/mol. The highest BCUT2D eigenvalue weighted by molar-refractivity contribution is 7.20. The van der Waals surface area contributed by atoms with Crippen molar-refractivity contribution in [2.45, 2.75) is 57.9 Å². The lowest BCUT2D eigenvalue weighted by atomic mass is 9.70. The maximum absolute atomic E-state index is 14.3. The Morgan fingerprint density at radius 2 is 2.14 bits per heavy atom. The van der Waals surface area contributed by atoms with Crippen molar-refractivity contribution < 1.29 is 23.8 Å². The summed E-state index contributed by atoms with van der Waals surface area (Å²) in [4.78, 5) is 24.7. The Kier molecular flexibility index (Phi) is 7.70. The molecule has 3 atom stereocenters. The number of thiophene rings is 1. The molecule has 11 heteroatoms. The standard InChI is InChI=1S/C31H32FN5O4S/c1-19-15-36(17-27-35-29-24(13-25(42-29)30(38)39)37(27)16-22-8-11-40-22)10-9-31(19,2)26-4-3-5-28(34-26)41-18-21-7-6-20(14-33)12-23(21)32/h3-7,12-13,19,22H,8-11,15-18H2,1-2H3,(H,38,39)/t19-,22-,31-/m0/s1. The lowest BCUT2D eigenvalue weighted by Crippen LogP contribution is -2.47. The van der Waals surface area contributed by atoms with E-state index in [0.717, 1.165) is 54.4 Å². The quantitative estimate of drug-likeness (QED) is 0.277. The minimum absolute atomic E-state index is 0.0258. The Morgan fingerprint density at radius 3 is 2.83 bits per heavy atom. The molecule has 0 spiro atoms. The lowest BCUT2D eigenvalue weighted by molar-refractivity contribution is -0.0592. The molecule has 4 aromatic rings. The summed E-state index contributed by atoms with van der Waals surface area (Å²) in [7, 11) is 0. The van der Waals surface area contributed by atoms with Crippen LogP contribution in [0.4, 0.5) is 4.39 Å².